The number of hydrogen-bond donors (Lipinski definition) is 1. The normalized spacial score (nSPS) is 20.8. The van der Waals surface area contributed by atoms with Gasteiger partial charge in [0, 0.05) is 25.4 Å². The monoisotopic (exact) mass is 315 g/mol. The number of methoxy groups -OCH3 is 1. The number of nitrogens with one attached hydrogen (secondary N) is 1. The second-order valence-electron chi connectivity index (χ2n) is 6.12. The van der Waals surface area contributed by atoms with Crippen LogP contribution >= 0.6 is 0 Å². The fourth-order valence-corrected chi connectivity index (χ4v) is 2.95. The average molecular weight is 315 g/mol. The predicted molar refractivity (Wildman–Crippen MR) is 84.1 cm³/mol. The molecule has 0 aliphatic heterocycles. The van der Waals surface area contributed by atoms with Gasteiger partial charge in [-0.1, -0.05) is 24.3 Å². The van der Waals surface area contributed by atoms with Crippen LogP contribution in [0.5, 0.6) is 5.75 Å². The number of aromatic amines is 1. The quantitative estimate of drug-likeness (QED) is 0.875. The van der Waals surface area contributed by atoms with Crippen LogP contribution in [-0.4, -0.2) is 52.1 Å². The molecule has 2 aromatic rings. The van der Waals surface area contributed by atoms with Crippen LogP contribution in [-0.2, 0) is 4.79 Å². The van der Waals surface area contributed by atoms with Gasteiger partial charge in [-0.15, -0.1) is 10.2 Å². The van der Waals surface area contributed by atoms with Crippen molar-refractivity contribution < 1.29 is 9.53 Å². The van der Waals surface area contributed by atoms with Gasteiger partial charge in [0.2, 0.25) is 5.91 Å². The molecule has 0 unspecified atom stereocenters. The van der Waals surface area contributed by atoms with Gasteiger partial charge in [0.25, 0.3) is 0 Å². The maximum Gasteiger partial charge on any atom is 0.226 e. The molecule has 1 aliphatic rings. The van der Waals surface area contributed by atoms with E-state index in [2.05, 4.69) is 26.7 Å². The number of hydrogen-bond acceptors (Lipinski definition) is 5. The van der Waals surface area contributed by atoms with Gasteiger partial charge in [0.15, 0.2) is 5.82 Å². The van der Waals surface area contributed by atoms with Gasteiger partial charge in [-0.25, -0.2) is 0 Å². The summed E-state index contributed by atoms with van der Waals surface area (Å²) in [6.07, 6.45) is 0.896. The van der Waals surface area contributed by atoms with Crippen LogP contribution < -0.4 is 4.74 Å². The average Bonchev–Trinajstić information content (AvgIpc) is 3.18. The van der Waals surface area contributed by atoms with Crippen molar-refractivity contribution in [2.24, 2.45) is 5.92 Å². The Hall–Kier alpha value is -2.44. The van der Waals surface area contributed by atoms with Crippen molar-refractivity contribution in [1.82, 2.24) is 25.5 Å². The van der Waals surface area contributed by atoms with E-state index in [1.807, 2.05) is 32.2 Å². The van der Waals surface area contributed by atoms with Crippen LogP contribution in [0.3, 0.4) is 0 Å². The van der Waals surface area contributed by atoms with Crippen molar-refractivity contribution in [3.8, 4) is 5.75 Å². The van der Waals surface area contributed by atoms with Crippen molar-refractivity contribution in [3.63, 3.8) is 0 Å². The van der Waals surface area contributed by atoms with Gasteiger partial charge in [0.05, 0.1) is 7.11 Å². The van der Waals surface area contributed by atoms with E-state index in [0.29, 0.717) is 18.3 Å². The summed E-state index contributed by atoms with van der Waals surface area (Å²) in [6.45, 7) is 2.57. The lowest BCUT2D eigenvalue weighted by molar-refractivity contribution is -0.131. The maximum atomic E-state index is 12.6. The first-order valence-corrected chi connectivity index (χ1v) is 7.72. The molecule has 1 N–H and O–H groups in total. The van der Waals surface area contributed by atoms with Gasteiger partial charge in [0.1, 0.15) is 5.75 Å². The first-order valence-electron chi connectivity index (χ1n) is 7.72. The molecule has 0 saturated heterocycles. The van der Waals surface area contributed by atoms with Crippen molar-refractivity contribution in [2.75, 3.05) is 20.7 Å². The summed E-state index contributed by atoms with van der Waals surface area (Å²) in [7, 11) is 3.49. The largest absolute Gasteiger partial charge is 0.497 e. The minimum Gasteiger partial charge on any atom is -0.497 e. The Kier molecular flexibility index (Phi) is 4.27. The van der Waals surface area contributed by atoms with Crippen molar-refractivity contribution >= 4 is 5.91 Å². The smallest absolute Gasteiger partial charge is 0.226 e. The topological polar surface area (TPSA) is 84.0 Å². The molecule has 1 heterocycles. The van der Waals surface area contributed by atoms with Crippen LogP contribution in [0.15, 0.2) is 24.3 Å². The second-order valence-corrected chi connectivity index (χ2v) is 6.12. The number of carbonyl (C=O) groups is 1. The number of aromatic nitrogens is 4. The molecule has 3 atom stereocenters. The fraction of sp³-hybridized carbons (Fsp3) is 0.500. The molecule has 1 aromatic carbocycles. The lowest BCUT2D eigenvalue weighted by Crippen LogP contribution is -2.32. The fourth-order valence-electron chi connectivity index (χ4n) is 2.95. The highest BCUT2D eigenvalue weighted by Gasteiger charge is 2.45. The number of H-pyrrole nitrogens is 1. The van der Waals surface area contributed by atoms with Crippen LogP contribution in [0.4, 0.5) is 0 Å². The van der Waals surface area contributed by atoms with E-state index in [4.69, 9.17) is 4.74 Å². The predicted octanol–water partition coefficient (Wildman–Crippen LogP) is 1.57. The van der Waals surface area contributed by atoms with Crippen molar-refractivity contribution in [3.05, 3.63) is 35.7 Å². The van der Waals surface area contributed by atoms with Gasteiger partial charge in [-0.3, -0.25) is 4.79 Å². The van der Waals surface area contributed by atoms with Gasteiger partial charge < -0.3 is 9.64 Å². The van der Waals surface area contributed by atoms with E-state index < -0.39 is 0 Å². The molecular formula is C16H21N5O2. The van der Waals surface area contributed by atoms with E-state index in [0.717, 1.165) is 12.2 Å². The van der Waals surface area contributed by atoms with Crippen molar-refractivity contribution in [2.45, 2.75) is 25.2 Å². The Morgan fingerprint density at radius 2 is 2.35 bits per heavy atom. The van der Waals surface area contributed by atoms with E-state index in [-0.39, 0.29) is 17.7 Å². The Morgan fingerprint density at radius 1 is 1.52 bits per heavy atom. The number of ether oxygens (including phenoxy) is 1. The molecule has 1 amide bonds. The summed E-state index contributed by atoms with van der Waals surface area (Å²) in [4.78, 5) is 14.3. The number of carbonyl (C=O) groups excluding carboxylic acids is 1. The molecule has 1 aromatic heterocycles. The number of amides is 1. The van der Waals surface area contributed by atoms with Crippen LogP contribution in [0.1, 0.15) is 36.6 Å². The standard InChI is InChI=1S/C16H21N5O2/c1-10(15-17-19-20-18-15)9-21(2)16(22)14-8-13(14)11-5-4-6-12(7-11)23-3/h4-7,10,13-14H,8-9H2,1-3H3,(H,17,18,19,20)/t10-,13+,14-/m1/s1. The zero-order chi connectivity index (χ0) is 16.4. The molecule has 122 valence electrons. The van der Waals surface area contributed by atoms with Crippen molar-refractivity contribution in [1.29, 1.82) is 0 Å². The lowest BCUT2D eigenvalue weighted by Gasteiger charge is -2.20. The summed E-state index contributed by atoms with van der Waals surface area (Å²) in [5, 5.41) is 13.9. The van der Waals surface area contributed by atoms with E-state index in [1.165, 1.54) is 5.56 Å². The van der Waals surface area contributed by atoms with Gasteiger partial charge >= 0.3 is 0 Å². The molecule has 7 nitrogen and oxygen atoms in total. The Labute approximate surface area is 135 Å². The SMILES string of the molecule is COc1cccc([C@@H]2C[C@H]2C(=O)N(C)C[C@@H](C)c2nn[nH]n2)c1. The highest BCUT2D eigenvalue weighted by atomic mass is 16.5. The summed E-state index contributed by atoms with van der Waals surface area (Å²) in [5.41, 5.74) is 1.17. The number of rotatable bonds is 6. The molecule has 3 rings (SSSR count). The third-order valence-electron chi connectivity index (χ3n) is 4.36. The molecule has 1 fully saturated rings. The third kappa shape index (κ3) is 3.33. The van der Waals surface area contributed by atoms with E-state index in [9.17, 15) is 4.79 Å². The first kappa shape index (κ1) is 15.5. The minimum atomic E-state index is 0.0525. The van der Waals surface area contributed by atoms with E-state index >= 15 is 0 Å². The van der Waals surface area contributed by atoms with Crippen LogP contribution in [0, 0.1) is 5.92 Å². The molecule has 0 spiro atoms. The number of benzene rings is 1. The third-order valence-corrected chi connectivity index (χ3v) is 4.36. The highest BCUT2D eigenvalue weighted by Crippen LogP contribution is 2.49. The molecule has 0 radical (unpaired) electrons. The molecule has 23 heavy (non-hydrogen) atoms. The Bertz CT molecular complexity index is 673. The summed E-state index contributed by atoms with van der Waals surface area (Å²) in [5.74, 6) is 2.04. The van der Waals surface area contributed by atoms with E-state index in [1.54, 1.807) is 12.0 Å². The lowest BCUT2D eigenvalue weighted by atomic mass is 10.1. The maximum absolute atomic E-state index is 12.6. The summed E-state index contributed by atoms with van der Waals surface area (Å²) in [6, 6.07) is 7.96. The Balaban J connectivity index is 1.59. The molecule has 7 heteroatoms. The molecule has 1 saturated carbocycles. The highest BCUT2D eigenvalue weighted by molar-refractivity contribution is 5.82. The summed E-state index contributed by atoms with van der Waals surface area (Å²) < 4.78 is 5.25. The summed E-state index contributed by atoms with van der Waals surface area (Å²) >= 11 is 0. The number of nitrogens with zero attached hydrogens (tertiary/aromatic N) is 4. The number of likely N-dealkylation sites (N-methyl/N-ethyl adjacent to an activating group) is 1. The van der Waals surface area contributed by atoms with Gasteiger partial charge in [-0.05, 0) is 30.0 Å². The zero-order valence-electron chi connectivity index (χ0n) is 13.6. The molecule has 0 bridgehead atoms. The minimum absolute atomic E-state index is 0.0525. The first-order chi connectivity index (χ1) is 11.1. The zero-order valence-corrected chi connectivity index (χ0v) is 13.6. The van der Waals surface area contributed by atoms with Gasteiger partial charge in [-0.2, -0.15) is 5.21 Å². The molecule has 1 aliphatic carbocycles. The van der Waals surface area contributed by atoms with Crippen LogP contribution in [0.2, 0.25) is 0 Å². The van der Waals surface area contributed by atoms with Crippen LogP contribution in [0.25, 0.3) is 0 Å². The molecular weight excluding hydrogens is 294 g/mol. The Morgan fingerprint density at radius 3 is 3.04 bits per heavy atom. The second kappa shape index (κ2) is 6.36. The number of tetrazole rings is 1.